The molecule has 0 bridgehead atoms. The molecule has 1 fully saturated rings. The van der Waals surface area contributed by atoms with E-state index >= 15 is 0 Å². The zero-order chi connectivity index (χ0) is 29.6. The van der Waals surface area contributed by atoms with Gasteiger partial charge in [-0.1, -0.05) is 41.5 Å². The topological polar surface area (TPSA) is 98.0 Å². The predicted octanol–water partition coefficient (Wildman–Crippen LogP) is 5.80. The van der Waals surface area contributed by atoms with Crippen LogP contribution in [0.2, 0.25) is 36.3 Å². The maximum atomic E-state index is 13.5. The Morgan fingerprint density at radius 3 is 1.97 bits per heavy atom. The molecular weight excluding hydrogens is 520 g/mol. The van der Waals surface area contributed by atoms with E-state index in [0.29, 0.717) is 17.6 Å². The van der Waals surface area contributed by atoms with Crippen LogP contribution in [0.3, 0.4) is 0 Å². The fourth-order valence-electron chi connectivity index (χ4n) is 3.58. The number of aromatic nitrogens is 2. The molecular formula is C27H50N2O7Si2. The lowest BCUT2D eigenvalue weighted by Gasteiger charge is -2.40. The zero-order valence-corrected chi connectivity index (χ0v) is 28.0. The number of hydrogen-bond donors (Lipinski definition) is 0. The van der Waals surface area contributed by atoms with Crippen molar-refractivity contribution in [3.8, 4) is 0 Å². The number of nitrogens with zero attached hydrogens (tertiary/aromatic N) is 2. The standard InChI is InChI=1S/C27H50N2O7Si2/c1-18-16-28(23(31)29(22(18)30)24(32)35-25(2,3)4)21-15-19(36-38(13,14)27(8,9)10)20(34-21)17-33-37(11,12)26(5,6)7/h16,19-21H,15,17H2,1-14H3/t19?,20-,21-/m1/s1. The lowest BCUT2D eigenvalue weighted by Crippen LogP contribution is -2.48. The average molecular weight is 571 g/mol. The quantitative estimate of drug-likeness (QED) is 0.399. The van der Waals surface area contributed by atoms with Gasteiger partial charge in [0, 0.05) is 18.2 Å². The highest BCUT2D eigenvalue weighted by Gasteiger charge is 2.47. The molecule has 2 heterocycles. The molecule has 0 aliphatic carbocycles. The molecule has 1 aromatic heterocycles. The van der Waals surface area contributed by atoms with Crippen molar-refractivity contribution in [2.75, 3.05) is 6.61 Å². The van der Waals surface area contributed by atoms with Gasteiger partial charge in [0.25, 0.3) is 5.56 Å². The zero-order valence-electron chi connectivity index (χ0n) is 26.0. The van der Waals surface area contributed by atoms with Crippen molar-refractivity contribution in [2.24, 2.45) is 0 Å². The largest absolute Gasteiger partial charge is 0.443 e. The molecule has 218 valence electrons. The van der Waals surface area contributed by atoms with Crippen molar-refractivity contribution in [1.82, 2.24) is 9.13 Å². The third-order valence-corrected chi connectivity index (χ3v) is 17.0. The van der Waals surface area contributed by atoms with Crippen LogP contribution in [0.4, 0.5) is 4.79 Å². The number of rotatable bonds is 6. The van der Waals surface area contributed by atoms with Gasteiger partial charge in [0.1, 0.15) is 17.9 Å². The highest BCUT2D eigenvalue weighted by atomic mass is 28.4. The highest BCUT2D eigenvalue weighted by molar-refractivity contribution is 6.74. The van der Waals surface area contributed by atoms with Crippen molar-refractivity contribution in [2.45, 2.75) is 136 Å². The smallest absolute Gasteiger partial charge is 0.425 e. The number of carbonyl (C=O) groups is 1. The molecule has 38 heavy (non-hydrogen) atoms. The van der Waals surface area contributed by atoms with Gasteiger partial charge in [-0.25, -0.2) is 9.59 Å². The first kappa shape index (κ1) is 32.7. The van der Waals surface area contributed by atoms with Crippen molar-refractivity contribution in [1.29, 1.82) is 0 Å². The molecule has 0 spiro atoms. The minimum absolute atomic E-state index is 0.0205. The van der Waals surface area contributed by atoms with E-state index in [1.54, 1.807) is 27.7 Å². The maximum absolute atomic E-state index is 13.5. The summed E-state index contributed by atoms with van der Waals surface area (Å²) < 4.78 is 26.9. The van der Waals surface area contributed by atoms with Gasteiger partial charge in [-0.15, -0.1) is 0 Å². The fourth-order valence-corrected chi connectivity index (χ4v) is 5.95. The summed E-state index contributed by atoms with van der Waals surface area (Å²) in [5.41, 5.74) is -2.13. The first-order valence-electron chi connectivity index (χ1n) is 13.4. The van der Waals surface area contributed by atoms with Gasteiger partial charge in [0.05, 0.1) is 12.7 Å². The molecule has 9 nitrogen and oxygen atoms in total. The van der Waals surface area contributed by atoms with Crippen molar-refractivity contribution >= 4 is 22.7 Å². The molecule has 2 rings (SSSR count). The van der Waals surface area contributed by atoms with Gasteiger partial charge in [-0.05, 0) is 64.0 Å². The molecule has 1 saturated heterocycles. The van der Waals surface area contributed by atoms with E-state index < -0.39 is 51.9 Å². The predicted molar refractivity (Wildman–Crippen MR) is 155 cm³/mol. The van der Waals surface area contributed by atoms with E-state index in [1.165, 1.54) is 10.8 Å². The second kappa shape index (κ2) is 10.8. The molecule has 1 aliphatic rings. The minimum atomic E-state index is -2.18. The van der Waals surface area contributed by atoms with E-state index in [-0.39, 0.29) is 21.7 Å². The summed E-state index contributed by atoms with van der Waals surface area (Å²) in [5, 5.41) is 0.00501. The molecule has 3 atom stereocenters. The Hall–Kier alpha value is -1.54. The Bertz CT molecular complexity index is 1130. The van der Waals surface area contributed by atoms with E-state index in [1.807, 2.05) is 0 Å². The van der Waals surface area contributed by atoms with Crippen LogP contribution in [0.5, 0.6) is 0 Å². The second-order valence-electron chi connectivity index (χ2n) is 14.5. The van der Waals surface area contributed by atoms with Crippen LogP contribution in [0.1, 0.15) is 80.5 Å². The normalized spacial score (nSPS) is 21.6. The average Bonchev–Trinajstić information content (AvgIpc) is 3.08. The molecule has 0 N–H and O–H groups in total. The third kappa shape index (κ3) is 7.35. The molecule has 1 aliphatic heterocycles. The SMILES string of the molecule is Cc1cn([C@H]2CC(O[Si](C)(C)C(C)(C)C)[C@@H](CO[Si](C)(C)C(C)(C)C)O2)c(=O)n(C(=O)OC(C)(C)C)c1=O. The lowest BCUT2D eigenvalue weighted by atomic mass is 10.2. The van der Waals surface area contributed by atoms with E-state index in [4.69, 9.17) is 18.3 Å². The van der Waals surface area contributed by atoms with E-state index in [2.05, 4.69) is 67.7 Å². The summed E-state index contributed by atoms with van der Waals surface area (Å²) in [7, 11) is -4.26. The Morgan fingerprint density at radius 1 is 0.974 bits per heavy atom. The van der Waals surface area contributed by atoms with Crippen LogP contribution < -0.4 is 11.2 Å². The highest BCUT2D eigenvalue weighted by Crippen LogP contribution is 2.42. The van der Waals surface area contributed by atoms with E-state index in [0.717, 1.165) is 0 Å². The minimum Gasteiger partial charge on any atom is -0.443 e. The molecule has 11 heteroatoms. The van der Waals surface area contributed by atoms with Gasteiger partial charge in [-0.2, -0.15) is 4.57 Å². The first-order chi connectivity index (χ1) is 16.9. The van der Waals surface area contributed by atoms with Gasteiger partial charge in [-0.3, -0.25) is 9.36 Å². The molecule has 0 amide bonds. The van der Waals surface area contributed by atoms with Gasteiger partial charge in [0.15, 0.2) is 16.6 Å². The molecule has 0 saturated carbocycles. The summed E-state index contributed by atoms with van der Waals surface area (Å²) in [6.07, 6.45) is -0.592. The molecule has 0 radical (unpaired) electrons. The Balaban J connectivity index is 2.49. The van der Waals surface area contributed by atoms with Crippen LogP contribution in [-0.4, -0.2) is 56.3 Å². The van der Waals surface area contributed by atoms with Gasteiger partial charge >= 0.3 is 11.8 Å². The van der Waals surface area contributed by atoms with Crippen molar-refractivity contribution in [3.05, 3.63) is 32.6 Å². The van der Waals surface area contributed by atoms with Gasteiger partial charge in [0.2, 0.25) is 0 Å². The summed E-state index contributed by atoms with van der Waals surface area (Å²) in [5.74, 6) is 0. The first-order valence-corrected chi connectivity index (χ1v) is 19.2. The number of carbonyl (C=O) groups excluding carboxylic acids is 1. The van der Waals surface area contributed by atoms with E-state index in [9.17, 15) is 14.4 Å². The Kier molecular flexibility index (Phi) is 9.28. The summed E-state index contributed by atoms with van der Waals surface area (Å²) in [4.78, 5) is 39.0. The summed E-state index contributed by atoms with van der Waals surface area (Å²) >= 11 is 0. The molecule has 1 unspecified atom stereocenters. The number of hydrogen-bond acceptors (Lipinski definition) is 7. The van der Waals surface area contributed by atoms with Crippen molar-refractivity contribution in [3.63, 3.8) is 0 Å². The monoisotopic (exact) mass is 570 g/mol. The van der Waals surface area contributed by atoms with Crippen molar-refractivity contribution < 1.29 is 23.1 Å². The second-order valence-corrected chi connectivity index (χ2v) is 24.0. The van der Waals surface area contributed by atoms with Crippen LogP contribution in [-0.2, 0) is 18.3 Å². The Labute approximate surface area is 230 Å². The summed E-state index contributed by atoms with van der Waals surface area (Å²) in [6.45, 7) is 28.8. The van der Waals surface area contributed by atoms with Crippen LogP contribution in [0, 0.1) is 6.92 Å². The maximum Gasteiger partial charge on any atom is 0.425 e. The summed E-state index contributed by atoms with van der Waals surface area (Å²) in [6, 6.07) is 0. The Morgan fingerprint density at radius 2 is 1.50 bits per heavy atom. The fraction of sp³-hybridized carbons (Fsp3) is 0.815. The third-order valence-electron chi connectivity index (χ3n) is 8.02. The molecule has 1 aromatic rings. The van der Waals surface area contributed by atoms with Gasteiger partial charge < -0.3 is 18.3 Å². The molecule has 0 aromatic carbocycles. The number of ether oxygens (including phenoxy) is 2. The van der Waals surface area contributed by atoms with Crippen LogP contribution in [0.15, 0.2) is 15.8 Å². The lowest BCUT2D eigenvalue weighted by molar-refractivity contribution is -0.0417. The number of aryl methyl sites for hydroxylation is 1. The van der Waals surface area contributed by atoms with Crippen LogP contribution >= 0.6 is 0 Å². The van der Waals surface area contributed by atoms with Crippen LogP contribution in [0.25, 0.3) is 0 Å².